The Balaban J connectivity index is 1.95. The van der Waals surface area contributed by atoms with Crippen LogP contribution in [0.3, 0.4) is 0 Å². The van der Waals surface area contributed by atoms with Gasteiger partial charge in [0.2, 0.25) is 5.96 Å². The van der Waals surface area contributed by atoms with Crippen molar-refractivity contribution in [1.82, 2.24) is 10.3 Å². The fourth-order valence-electron chi connectivity index (χ4n) is 2.96. The summed E-state index contributed by atoms with van der Waals surface area (Å²) in [5.41, 5.74) is 14.3. The van der Waals surface area contributed by atoms with Crippen LogP contribution in [0.15, 0.2) is 39.9 Å². The van der Waals surface area contributed by atoms with E-state index >= 15 is 0 Å². The highest BCUT2D eigenvalue weighted by Crippen LogP contribution is 2.41. The van der Waals surface area contributed by atoms with Gasteiger partial charge in [-0.15, -0.1) is 0 Å². The molecule has 0 bridgehead atoms. The molecule has 4 rings (SSSR count). The number of nitrogens with two attached hydrogens (primary N) is 2. The summed E-state index contributed by atoms with van der Waals surface area (Å²) in [5.74, 6) is 0.562. The van der Waals surface area contributed by atoms with Crippen LogP contribution >= 0.6 is 0 Å². The molecule has 1 aliphatic rings. The molecule has 1 atom stereocenters. The van der Waals surface area contributed by atoms with Gasteiger partial charge in [0.15, 0.2) is 6.19 Å². The number of aliphatic imine (C=N–C) groups is 1. The first-order chi connectivity index (χ1) is 12.6. The molecule has 3 heterocycles. The summed E-state index contributed by atoms with van der Waals surface area (Å²) in [4.78, 5) is 8.72. The molecule has 9 heteroatoms. The summed E-state index contributed by atoms with van der Waals surface area (Å²) >= 11 is 0. The van der Waals surface area contributed by atoms with Crippen LogP contribution in [0.1, 0.15) is 22.7 Å². The summed E-state index contributed by atoms with van der Waals surface area (Å²) in [6.45, 7) is 0. The Bertz CT molecular complexity index is 1150. The highest BCUT2D eigenvalue weighted by atomic mass is 16.3. The van der Waals surface area contributed by atoms with Gasteiger partial charge in [0.1, 0.15) is 34.9 Å². The quantitative estimate of drug-likeness (QED) is 0.383. The Hall–Kier alpha value is -4.24. The lowest BCUT2D eigenvalue weighted by Gasteiger charge is -2.26. The van der Waals surface area contributed by atoms with Crippen molar-refractivity contribution >= 4 is 34.3 Å². The first kappa shape index (κ1) is 15.3. The minimum absolute atomic E-state index is 0.00898. The number of nitriles is 2. The predicted molar refractivity (Wildman–Crippen MR) is 95.6 cm³/mol. The van der Waals surface area contributed by atoms with E-state index in [-0.39, 0.29) is 23.0 Å². The second kappa shape index (κ2) is 5.69. The Morgan fingerprint density at radius 1 is 1.23 bits per heavy atom. The summed E-state index contributed by atoms with van der Waals surface area (Å²) < 4.78 is 5.45. The molecule has 0 fully saturated rings. The van der Waals surface area contributed by atoms with Gasteiger partial charge in [0.05, 0.1) is 12.0 Å². The maximum atomic E-state index is 9.33. The topological polar surface area (TPSA) is 162 Å². The highest BCUT2D eigenvalue weighted by molar-refractivity contribution is 5.98. The fraction of sp³-hybridized carbons (Fsp3) is 0.0588. The lowest BCUT2D eigenvalue weighted by Crippen LogP contribution is -2.32. The smallest absolute Gasteiger partial charge is 0.211 e. The van der Waals surface area contributed by atoms with Gasteiger partial charge >= 0.3 is 0 Å². The van der Waals surface area contributed by atoms with E-state index < -0.39 is 6.04 Å². The molecule has 0 spiro atoms. The Kier molecular flexibility index (Phi) is 3.34. The molecule has 1 aromatic carbocycles. The molecule has 0 saturated heterocycles. The third-order valence-corrected chi connectivity index (χ3v) is 4.15. The molecule has 26 heavy (non-hydrogen) atoms. The molecular weight excluding hydrogens is 332 g/mol. The van der Waals surface area contributed by atoms with Gasteiger partial charge < -0.3 is 21.2 Å². The lowest BCUT2D eigenvalue weighted by atomic mass is 9.95. The SMILES string of the molecule is N#CNC1=NC(c2ccc3ccoc3c2)c2c(nc(N)c(C#N)c2N)N1. The van der Waals surface area contributed by atoms with E-state index in [1.165, 1.54) is 0 Å². The van der Waals surface area contributed by atoms with E-state index in [0.717, 1.165) is 10.9 Å². The number of hydrogen-bond donors (Lipinski definition) is 4. The molecule has 0 saturated carbocycles. The number of furan rings is 1. The fourth-order valence-corrected chi connectivity index (χ4v) is 2.96. The normalized spacial score (nSPS) is 15.3. The van der Waals surface area contributed by atoms with Crippen molar-refractivity contribution in [3.05, 3.63) is 47.2 Å². The molecule has 2 aromatic heterocycles. The van der Waals surface area contributed by atoms with Crippen molar-refractivity contribution in [1.29, 1.82) is 10.5 Å². The van der Waals surface area contributed by atoms with E-state index in [1.807, 2.05) is 36.5 Å². The standard InChI is InChI=1S/C17H12N8O/c18-6-10-13(20)12-14(9-2-1-8-3-4-26-11(8)5-9)23-17(22-7-19)25-16(12)24-15(10)21/h1-5,14H,(H6,20,21,22,23,24,25). The van der Waals surface area contributed by atoms with Crippen LogP contribution in [-0.4, -0.2) is 10.9 Å². The molecule has 0 aliphatic carbocycles. The molecule has 1 aliphatic heterocycles. The Morgan fingerprint density at radius 2 is 2.08 bits per heavy atom. The van der Waals surface area contributed by atoms with Gasteiger partial charge in [-0.05, 0) is 17.7 Å². The van der Waals surface area contributed by atoms with Crippen molar-refractivity contribution < 1.29 is 4.42 Å². The van der Waals surface area contributed by atoms with Crippen molar-refractivity contribution in [3.63, 3.8) is 0 Å². The summed E-state index contributed by atoms with van der Waals surface area (Å²) in [5, 5.41) is 24.5. The maximum absolute atomic E-state index is 9.33. The number of fused-ring (bicyclic) bond motifs is 2. The number of nitrogens with one attached hydrogen (secondary N) is 2. The zero-order valence-electron chi connectivity index (χ0n) is 13.3. The van der Waals surface area contributed by atoms with Crippen LogP contribution in [0.2, 0.25) is 0 Å². The third kappa shape index (κ3) is 2.24. The first-order valence-electron chi connectivity index (χ1n) is 7.58. The van der Waals surface area contributed by atoms with E-state index in [2.05, 4.69) is 20.6 Å². The van der Waals surface area contributed by atoms with Gasteiger partial charge in [-0.25, -0.2) is 9.98 Å². The van der Waals surface area contributed by atoms with E-state index in [1.54, 1.807) is 6.26 Å². The molecule has 0 amide bonds. The van der Waals surface area contributed by atoms with Gasteiger partial charge in [-0.3, -0.25) is 5.32 Å². The number of anilines is 3. The van der Waals surface area contributed by atoms with Crippen molar-refractivity contribution in [2.45, 2.75) is 6.04 Å². The van der Waals surface area contributed by atoms with Gasteiger partial charge in [-0.2, -0.15) is 10.5 Å². The van der Waals surface area contributed by atoms with Crippen LogP contribution in [0.5, 0.6) is 0 Å². The average molecular weight is 344 g/mol. The number of nitrogens with zero attached hydrogens (tertiary/aromatic N) is 4. The molecule has 1 unspecified atom stereocenters. The highest BCUT2D eigenvalue weighted by Gasteiger charge is 2.29. The van der Waals surface area contributed by atoms with E-state index in [4.69, 9.17) is 21.1 Å². The Morgan fingerprint density at radius 3 is 2.85 bits per heavy atom. The number of hydrogen-bond acceptors (Lipinski definition) is 9. The number of pyridine rings is 1. The number of nitrogen functional groups attached to an aromatic ring is 2. The van der Waals surface area contributed by atoms with Gasteiger partial charge in [-0.1, -0.05) is 12.1 Å². The van der Waals surface area contributed by atoms with Crippen LogP contribution in [0.4, 0.5) is 17.3 Å². The zero-order chi connectivity index (χ0) is 18.3. The van der Waals surface area contributed by atoms with Crippen LogP contribution in [0, 0.1) is 22.8 Å². The summed E-state index contributed by atoms with van der Waals surface area (Å²) in [6.07, 6.45) is 3.41. The first-order valence-corrected chi connectivity index (χ1v) is 7.58. The molecule has 9 nitrogen and oxygen atoms in total. The van der Waals surface area contributed by atoms with Crippen molar-refractivity contribution in [2.24, 2.45) is 4.99 Å². The van der Waals surface area contributed by atoms with Gasteiger partial charge in [0, 0.05) is 10.9 Å². The minimum atomic E-state index is -0.586. The molecule has 126 valence electrons. The second-order valence-corrected chi connectivity index (χ2v) is 5.62. The molecule has 0 radical (unpaired) electrons. The van der Waals surface area contributed by atoms with Crippen LogP contribution < -0.4 is 22.1 Å². The monoisotopic (exact) mass is 344 g/mol. The van der Waals surface area contributed by atoms with Crippen LogP contribution in [0.25, 0.3) is 11.0 Å². The average Bonchev–Trinajstić information content (AvgIpc) is 3.09. The number of benzene rings is 1. The zero-order valence-corrected chi connectivity index (χ0v) is 13.3. The minimum Gasteiger partial charge on any atom is -0.464 e. The van der Waals surface area contributed by atoms with E-state index in [0.29, 0.717) is 17.0 Å². The second-order valence-electron chi connectivity index (χ2n) is 5.62. The number of guanidine groups is 1. The summed E-state index contributed by atoms with van der Waals surface area (Å²) in [7, 11) is 0. The van der Waals surface area contributed by atoms with Crippen molar-refractivity contribution in [3.8, 4) is 12.3 Å². The maximum Gasteiger partial charge on any atom is 0.211 e. The van der Waals surface area contributed by atoms with Crippen LogP contribution in [-0.2, 0) is 0 Å². The molecule has 6 N–H and O–H groups in total. The predicted octanol–water partition coefficient (Wildman–Crippen LogP) is 1.81. The van der Waals surface area contributed by atoms with E-state index in [9.17, 15) is 5.26 Å². The molecular formula is C17H12N8O. The molecule has 3 aromatic rings. The van der Waals surface area contributed by atoms with Crippen molar-refractivity contribution in [2.75, 3.05) is 16.8 Å². The largest absolute Gasteiger partial charge is 0.464 e. The van der Waals surface area contributed by atoms with Gasteiger partial charge in [0.25, 0.3) is 0 Å². The number of aromatic nitrogens is 1. The third-order valence-electron chi connectivity index (χ3n) is 4.15. The Labute approximate surface area is 147 Å². The summed E-state index contributed by atoms with van der Waals surface area (Å²) in [6, 6.07) is 8.86. The lowest BCUT2D eigenvalue weighted by molar-refractivity contribution is 0.615. The number of rotatable bonds is 1.